The van der Waals surface area contributed by atoms with Crippen LogP contribution in [-0.2, 0) is 4.79 Å². The van der Waals surface area contributed by atoms with E-state index in [2.05, 4.69) is 15.3 Å². The number of fused-ring (bicyclic) bond motifs is 1. The molecule has 0 aliphatic heterocycles. The summed E-state index contributed by atoms with van der Waals surface area (Å²) in [6.45, 7) is 3.44. The molecule has 0 aliphatic rings. The predicted octanol–water partition coefficient (Wildman–Crippen LogP) is 4.75. The lowest BCUT2D eigenvalue weighted by atomic mass is 10.1. The number of aryl methyl sites for hydroxylation is 1. The van der Waals surface area contributed by atoms with Crippen LogP contribution in [0.2, 0.25) is 0 Å². The number of benzene rings is 2. The summed E-state index contributed by atoms with van der Waals surface area (Å²) in [6, 6.07) is 14.5. The summed E-state index contributed by atoms with van der Waals surface area (Å²) in [6.07, 6.45) is 0. The summed E-state index contributed by atoms with van der Waals surface area (Å²) in [5, 5.41) is 3.08. The first-order valence-electron chi connectivity index (χ1n) is 9.59. The molecule has 0 saturated carbocycles. The van der Waals surface area contributed by atoms with Crippen LogP contribution in [0.3, 0.4) is 0 Å². The second-order valence-electron chi connectivity index (χ2n) is 6.99. The number of anilines is 1. The summed E-state index contributed by atoms with van der Waals surface area (Å²) < 4.78 is 2.75. The first-order chi connectivity index (χ1) is 15.3. The fraction of sp³-hybridized carbons (Fsp3) is 0.136. The molecule has 4 rings (SSSR count). The number of amides is 1. The molecule has 0 aliphatic carbocycles. The fourth-order valence-electron chi connectivity index (χ4n) is 3.14. The van der Waals surface area contributed by atoms with E-state index in [9.17, 15) is 14.4 Å². The standard InChI is InChI=1S/C22H18N4O3S3/c1-12-6-3-4-9-16(12)26-19-18(32-22(26)30)20(29)25-21(24-19)31-11-17(28)23-15-8-5-7-14(10-15)13(2)27/h3-10H,11H2,1-2H3,(H,23,28)(H,24,25,29). The molecule has 162 valence electrons. The fourth-order valence-corrected chi connectivity index (χ4v) is 5.05. The molecular weight excluding hydrogens is 464 g/mol. The molecule has 0 radical (unpaired) electrons. The average Bonchev–Trinajstić information content (AvgIpc) is 3.09. The molecule has 2 aromatic heterocycles. The van der Waals surface area contributed by atoms with E-state index in [1.165, 1.54) is 18.3 Å². The molecule has 1 amide bonds. The van der Waals surface area contributed by atoms with Gasteiger partial charge < -0.3 is 10.3 Å². The molecule has 32 heavy (non-hydrogen) atoms. The van der Waals surface area contributed by atoms with E-state index >= 15 is 0 Å². The number of H-pyrrole nitrogens is 1. The Labute approximate surface area is 196 Å². The maximum absolute atomic E-state index is 12.6. The van der Waals surface area contributed by atoms with Gasteiger partial charge in [-0.3, -0.25) is 19.0 Å². The van der Waals surface area contributed by atoms with Gasteiger partial charge in [-0.05, 0) is 49.8 Å². The molecule has 2 heterocycles. The van der Waals surface area contributed by atoms with Crippen LogP contribution in [0.15, 0.2) is 58.5 Å². The van der Waals surface area contributed by atoms with Crippen molar-refractivity contribution < 1.29 is 9.59 Å². The minimum absolute atomic E-state index is 0.0357. The van der Waals surface area contributed by atoms with Gasteiger partial charge in [0.15, 0.2) is 20.5 Å². The lowest BCUT2D eigenvalue weighted by Crippen LogP contribution is -2.16. The third-order valence-corrected chi connectivity index (χ3v) is 6.91. The van der Waals surface area contributed by atoms with Crippen molar-refractivity contribution in [2.24, 2.45) is 0 Å². The van der Waals surface area contributed by atoms with Crippen molar-refractivity contribution in [2.45, 2.75) is 19.0 Å². The van der Waals surface area contributed by atoms with Crippen molar-refractivity contribution in [1.82, 2.24) is 14.5 Å². The zero-order valence-corrected chi connectivity index (χ0v) is 19.6. The number of aromatic nitrogens is 3. The third-order valence-electron chi connectivity index (χ3n) is 4.67. The number of hydrogen-bond donors (Lipinski definition) is 2. The maximum Gasteiger partial charge on any atom is 0.271 e. The SMILES string of the molecule is CC(=O)c1cccc(NC(=O)CSc2nc3c(sc(=S)n3-c3ccccc3C)c(=O)[nH]2)c1. The number of ketones is 1. The predicted molar refractivity (Wildman–Crippen MR) is 131 cm³/mol. The number of aromatic amines is 1. The second-order valence-corrected chi connectivity index (χ2v) is 9.60. The van der Waals surface area contributed by atoms with Crippen LogP contribution in [0.4, 0.5) is 5.69 Å². The highest BCUT2D eigenvalue weighted by atomic mass is 32.2. The Morgan fingerprint density at radius 3 is 2.75 bits per heavy atom. The number of para-hydroxylation sites is 1. The number of nitrogens with one attached hydrogen (secondary N) is 2. The minimum atomic E-state index is -0.296. The van der Waals surface area contributed by atoms with E-state index < -0.39 is 0 Å². The Hall–Kier alpha value is -3.08. The van der Waals surface area contributed by atoms with Crippen LogP contribution in [0.5, 0.6) is 0 Å². The van der Waals surface area contributed by atoms with E-state index in [4.69, 9.17) is 12.2 Å². The highest BCUT2D eigenvalue weighted by Crippen LogP contribution is 2.26. The number of carbonyl (C=O) groups excluding carboxylic acids is 2. The summed E-state index contributed by atoms with van der Waals surface area (Å²) in [7, 11) is 0. The number of hydrogen-bond acceptors (Lipinski definition) is 7. The summed E-state index contributed by atoms with van der Waals surface area (Å²) in [5.74, 6) is -0.322. The molecule has 0 unspecified atom stereocenters. The van der Waals surface area contributed by atoms with Crippen LogP contribution in [0.1, 0.15) is 22.8 Å². The van der Waals surface area contributed by atoms with Gasteiger partial charge in [0.1, 0.15) is 4.70 Å². The lowest BCUT2D eigenvalue weighted by Gasteiger charge is -2.08. The van der Waals surface area contributed by atoms with Crippen LogP contribution in [0, 0.1) is 10.9 Å². The van der Waals surface area contributed by atoms with Crippen molar-refractivity contribution >= 4 is 63.0 Å². The largest absolute Gasteiger partial charge is 0.325 e. The Morgan fingerprint density at radius 2 is 2.00 bits per heavy atom. The quantitative estimate of drug-likeness (QED) is 0.178. The summed E-state index contributed by atoms with van der Waals surface area (Å²) in [5.41, 5.74) is 3.09. The second kappa shape index (κ2) is 9.19. The number of nitrogens with zero attached hydrogens (tertiary/aromatic N) is 2. The molecule has 4 aromatic rings. The monoisotopic (exact) mass is 482 g/mol. The molecule has 0 bridgehead atoms. The molecular formula is C22H18N4O3S3. The zero-order chi connectivity index (χ0) is 22.8. The van der Waals surface area contributed by atoms with Gasteiger partial charge in [0.05, 0.1) is 11.4 Å². The van der Waals surface area contributed by atoms with Crippen LogP contribution in [0.25, 0.3) is 16.0 Å². The van der Waals surface area contributed by atoms with Gasteiger partial charge >= 0.3 is 0 Å². The highest BCUT2D eigenvalue weighted by Gasteiger charge is 2.15. The van der Waals surface area contributed by atoms with Crippen molar-refractivity contribution in [1.29, 1.82) is 0 Å². The number of Topliss-reactive ketones (excluding diaryl/α,β-unsaturated/α-hetero) is 1. The van der Waals surface area contributed by atoms with Gasteiger partial charge in [-0.25, -0.2) is 4.98 Å². The lowest BCUT2D eigenvalue weighted by molar-refractivity contribution is -0.113. The van der Waals surface area contributed by atoms with E-state index in [1.807, 2.05) is 31.2 Å². The van der Waals surface area contributed by atoms with Crippen molar-refractivity contribution in [3.05, 3.63) is 74.0 Å². The van der Waals surface area contributed by atoms with Gasteiger partial charge in [0, 0.05) is 11.3 Å². The maximum atomic E-state index is 12.6. The van der Waals surface area contributed by atoms with Crippen LogP contribution < -0.4 is 10.9 Å². The molecule has 0 fully saturated rings. The molecule has 0 spiro atoms. The molecule has 7 nitrogen and oxygen atoms in total. The van der Waals surface area contributed by atoms with E-state index in [-0.39, 0.29) is 23.0 Å². The molecule has 2 N–H and O–H groups in total. The normalized spacial score (nSPS) is 10.9. The van der Waals surface area contributed by atoms with Gasteiger partial charge in [0.25, 0.3) is 5.56 Å². The number of rotatable bonds is 6. The van der Waals surface area contributed by atoms with Gasteiger partial charge in [-0.2, -0.15) is 0 Å². The Balaban J connectivity index is 1.58. The Bertz CT molecular complexity index is 1470. The highest BCUT2D eigenvalue weighted by molar-refractivity contribution is 7.99. The Kier molecular flexibility index (Phi) is 6.35. The molecule has 10 heteroatoms. The van der Waals surface area contributed by atoms with Crippen LogP contribution >= 0.6 is 35.3 Å². The van der Waals surface area contributed by atoms with Crippen LogP contribution in [-0.4, -0.2) is 32.0 Å². The van der Waals surface area contributed by atoms with Gasteiger partial charge in [-0.15, -0.1) is 0 Å². The number of thioether (sulfide) groups is 1. The molecule has 2 aromatic carbocycles. The Morgan fingerprint density at radius 1 is 1.22 bits per heavy atom. The van der Waals surface area contributed by atoms with E-state index in [0.717, 1.165) is 23.0 Å². The molecule has 0 atom stereocenters. The summed E-state index contributed by atoms with van der Waals surface area (Å²) in [4.78, 5) is 43.8. The van der Waals surface area contributed by atoms with Crippen molar-refractivity contribution in [3.63, 3.8) is 0 Å². The number of thiazole rings is 1. The van der Waals surface area contributed by atoms with E-state index in [0.29, 0.717) is 30.7 Å². The first kappa shape index (κ1) is 22.1. The van der Waals surface area contributed by atoms with E-state index in [1.54, 1.807) is 28.8 Å². The third kappa shape index (κ3) is 4.57. The number of carbonyl (C=O) groups is 2. The molecule has 0 saturated heterocycles. The zero-order valence-electron chi connectivity index (χ0n) is 17.2. The average molecular weight is 483 g/mol. The van der Waals surface area contributed by atoms with Gasteiger partial charge in [-0.1, -0.05) is 53.4 Å². The smallest absolute Gasteiger partial charge is 0.271 e. The summed E-state index contributed by atoms with van der Waals surface area (Å²) >= 11 is 7.82. The van der Waals surface area contributed by atoms with Crippen molar-refractivity contribution in [2.75, 3.05) is 11.1 Å². The topological polar surface area (TPSA) is 96.8 Å². The van der Waals surface area contributed by atoms with Crippen molar-refractivity contribution in [3.8, 4) is 5.69 Å². The minimum Gasteiger partial charge on any atom is -0.325 e. The first-order valence-corrected chi connectivity index (χ1v) is 11.8. The van der Waals surface area contributed by atoms with Gasteiger partial charge in [0.2, 0.25) is 5.91 Å².